The maximum absolute atomic E-state index is 12.4. The quantitative estimate of drug-likeness (QED) is 0.417. The first kappa shape index (κ1) is 18.2. The number of hydrogen-bond donors (Lipinski definition) is 2. The summed E-state index contributed by atoms with van der Waals surface area (Å²) in [6.45, 7) is -1.64. The normalized spacial score (nSPS) is 12.7. The molecule has 0 unspecified atom stereocenters. The molecule has 0 aliphatic carbocycles. The van der Waals surface area contributed by atoms with Crippen molar-refractivity contribution in [2.75, 3.05) is 0 Å². The van der Waals surface area contributed by atoms with Gasteiger partial charge in [-0.2, -0.15) is 13.2 Å². The summed E-state index contributed by atoms with van der Waals surface area (Å²) >= 11 is 0. The van der Waals surface area contributed by atoms with Gasteiger partial charge in [0.05, 0.1) is 5.56 Å². The van der Waals surface area contributed by atoms with Gasteiger partial charge in [0.1, 0.15) is 0 Å². The number of aryl methyl sites for hydroxylation is 1. The molecule has 0 heterocycles. The highest BCUT2D eigenvalue weighted by Crippen LogP contribution is 2.29. The van der Waals surface area contributed by atoms with Crippen LogP contribution in [0.1, 0.15) is 36.8 Å². The molecule has 0 saturated heterocycles. The molecule has 0 aliphatic rings. The van der Waals surface area contributed by atoms with Gasteiger partial charge in [-0.1, -0.05) is 31.4 Å². The SMILES string of the molecule is OC(O)O[SiH2]CCCCCCc1ccc(C(F)(F)F)cc1. The van der Waals surface area contributed by atoms with E-state index in [0.29, 0.717) is 0 Å². The van der Waals surface area contributed by atoms with E-state index in [1.807, 2.05) is 0 Å². The molecule has 0 spiro atoms. The van der Waals surface area contributed by atoms with Crippen molar-refractivity contribution in [3.63, 3.8) is 0 Å². The van der Waals surface area contributed by atoms with Crippen LogP contribution in [0.25, 0.3) is 0 Å². The molecule has 1 rings (SSSR count). The molecule has 0 aliphatic heterocycles. The number of alkyl halides is 3. The molecule has 0 atom stereocenters. The van der Waals surface area contributed by atoms with E-state index in [1.54, 1.807) is 0 Å². The summed E-state index contributed by atoms with van der Waals surface area (Å²) in [6, 6.07) is 6.22. The van der Waals surface area contributed by atoms with E-state index in [0.717, 1.165) is 55.8 Å². The number of rotatable bonds is 9. The lowest BCUT2D eigenvalue weighted by Gasteiger charge is -2.08. The summed E-state index contributed by atoms with van der Waals surface area (Å²) in [5.74, 6) is 0. The van der Waals surface area contributed by atoms with E-state index < -0.39 is 28.0 Å². The molecule has 120 valence electrons. The van der Waals surface area contributed by atoms with E-state index in [4.69, 9.17) is 14.6 Å². The standard InChI is InChI=1S/C14H21F3O3Si/c15-14(16,17)12-8-6-11(7-9-12)5-3-1-2-4-10-21-20-13(18)19/h6-9,13,18-19H,1-5,10,21H2. The van der Waals surface area contributed by atoms with Crippen molar-refractivity contribution in [1.82, 2.24) is 0 Å². The fraction of sp³-hybridized carbons (Fsp3) is 0.571. The van der Waals surface area contributed by atoms with Crippen LogP contribution >= 0.6 is 0 Å². The van der Waals surface area contributed by atoms with Crippen molar-refractivity contribution in [2.45, 2.75) is 50.8 Å². The third-order valence-corrected chi connectivity index (χ3v) is 4.48. The zero-order valence-electron chi connectivity index (χ0n) is 11.8. The maximum Gasteiger partial charge on any atom is 0.416 e. The van der Waals surface area contributed by atoms with Crippen molar-refractivity contribution in [3.8, 4) is 0 Å². The summed E-state index contributed by atoms with van der Waals surface area (Å²) in [5.41, 5.74) is 0.311. The van der Waals surface area contributed by atoms with Gasteiger partial charge >= 0.3 is 6.18 Å². The Morgan fingerprint density at radius 2 is 1.62 bits per heavy atom. The fourth-order valence-electron chi connectivity index (χ4n) is 2.01. The van der Waals surface area contributed by atoms with E-state index in [9.17, 15) is 13.2 Å². The summed E-state index contributed by atoms with van der Waals surface area (Å²) in [7, 11) is -0.846. The molecule has 0 saturated carbocycles. The van der Waals surface area contributed by atoms with Gasteiger partial charge in [0.2, 0.25) is 0 Å². The van der Waals surface area contributed by atoms with Gasteiger partial charge in [0, 0.05) is 0 Å². The molecule has 1 aromatic rings. The first-order valence-corrected chi connectivity index (χ1v) is 8.61. The number of hydrogen-bond acceptors (Lipinski definition) is 3. The maximum atomic E-state index is 12.4. The van der Waals surface area contributed by atoms with Crippen molar-refractivity contribution in [1.29, 1.82) is 0 Å². The van der Waals surface area contributed by atoms with Crippen LogP contribution in [0.3, 0.4) is 0 Å². The molecule has 0 amide bonds. The number of halogens is 3. The Kier molecular flexibility index (Phi) is 7.95. The number of aliphatic hydroxyl groups excluding tert-OH is 1. The van der Waals surface area contributed by atoms with Crippen LogP contribution in [-0.2, 0) is 17.0 Å². The molecule has 7 heteroatoms. The zero-order valence-corrected chi connectivity index (χ0v) is 13.2. The van der Waals surface area contributed by atoms with Crippen LogP contribution in [0.15, 0.2) is 24.3 Å². The van der Waals surface area contributed by atoms with Gasteiger partial charge in [0.25, 0.3) is 6.48 Å². The van der Waals surface area contributed by atoms with E-state index in [1.165, 1.54) is 12.1 Å². The minimum atomic E-state index is -4.27. The zero-order chi connectivity index (χ0) is 15.7. The average molecular weight is 322 g/mol. The van der Waals surface area contributed by atoms with Gasteiger partial charge in [-0.25, -0.2) is 0 Å². The predicted molar refractivity (Wildman–Crippen MR) is 76.3 cm³/mol. The summed E-state index contributed by atoms with van der Waals surface area (Å²) in [6.07, 6.45) is 0.478. The number of aliphatic hydroxyl groups is 2. The molecule has 21 heavy (non-hydrogen) atoms. The van der Waals surface area contributed by atoms with Crippen molar-refractivity contribution >= 4 is 9.76 Å². The van der Waals surface area contributed by atoms with Crippen LogP contribution in [0.4, 0.5) is 13.2 Å². The number of unbranched alkanes of at least 4 members (excludes halogenated alkanes) is 3. The Morgan fingerprint density at radius 3 is 2.19 bits per heavy atom. The lowest BCUT2D eigenvalue weighted by molar-refractivity contribution is -0.180. The first-order chi connectivity index (χ1) is 9.89. The third-order valence-electron chi connectivity index (χ3n) is 3.16. The van der Waals surface area contributed by atoms with Gasteiger partial charge in [-0.3, -0.25) is 0 Å². The van der Waals surface area contributed by atoms with E-state index in [2.05, 4.69) is 0 Å². The van der Waals surface area contributed by atoms with Gasteiger partial charge < -0.3 is 14.6 Å². The van der Waals surface area contributed by atoms with Crippen LogP contribution in [0.2, 0.25) is 6.04 Å². The Morgan fingerprint density at radius 1 is 1.00 bits per heavy atom. The van der Waals surface area contributed by atoms with Gasteiger partial charge in [-0.15, -0.1) is 0 Å². The first-order valence-electron chi connectivity index (χ1n) is 7.03. The summed E-state index contributed by atoms with van der Waals surface area (Å²) in [5, 5.41) is 17.0. The Labute approximate surface area is 124 Å². The van der Waals surface area contributed by atoms with Gasteiger partial charge in [0.15, 0.2) is 9.76 Å². The van der Waals surface area contributed by atoms with Crippen molar-refractivity contribution < 1.29 is 27.8 Å². The largest absolute Gasteiger partial charge is 0.416 e. The number of benzene rings is 1. The van der Waals surface area contributed by atoms with Crippen molar-refractivity contribution in [3.05, 3.63) is 35.4 Å². The smallest absolute Gasteiger partial charge is 0.379 e. The average Bonchev–Trinajstić information content (AvgIpc) is 2.41. The topological polar surface area (TPSA) is 49.7 Å². The summed E-state index contributed by atoms with van der Waals surface area (Å²) in [4.78, 5) is 0. The highest BCUT2D eigenvalue weighted by atomic mass is 28.2. The van der Waals surface area contributed by atoms with Crippen LogP contribution in [-0.4, -0.2) is 26.5 Å². The third kappa shape index (κ3) is 8.20. The monoisotopic (exact) mass is 322 g/mol. The second kappa shape index (κ2) is 9.19. The predicted octanol–water partition coefficient (Wildman–Crippen LogP) is 2.60. The van der Waals surface area contributed by atoms with E-state index >= 15 is 0 Å². The molecule has 2 N–H and O–H groups in total. The lowest BCUT2D eigenvalue weighted by Crippen LogP contribution is -2.12. The lowest BCUT2D eigenvalue weighted by atomic mass is 10.0. The van der Waals surface area contributed by atoms with Crippen molar-refractivity contribution in [2.24, 2.45) is 0 Å². The van der Waals surface area contributed by atoms with Crippen LogP contribution in [0.5, 0.6) is 0 Å². The second-order valence-corrected chi connectivity index (χ2v) is 6.36. The Hall–Kier alpha value is -0.893. The molecule has 0 aromatic heterocycles. The van der Waals surface area contributed by atoms with Gasteiger partial charge in [-0.05, 0) is 36.6 Å². The molecule has 0 bridgehead atoms. The summed E-state index contributed by atoms with van der Waals surface area (Å²) < 4.78 is 41.9. The Bertz CT molecular complexity index is 393. The minimum Gasteiger partial charge on any atom is -0.379 e. The highest BCUT2D eigenvalue weighted by Gasteiger charge is 2.29. The highest BCUT2D eigenvalue weighted by molar-refractivity contribution is 6.26. The fourth-order valence-corrected chi connectivity index (χ4v) is 2.95. The molecule has 0 radical (unpaired) electrons. The molecule has 3 nitrogen and oxygen atoms in total. The van der Waals surface area contributed by atoms with Crippen LogP contribution < -0.4 is 0 Å². The van der Waals surface area contributed by atoms with Crippen LogP contribution in [0, 0.1) is 0 Å². The molecular formula is C14H21F3O3Si. The van der Waals surface area contributed by atoms with E-state index in [-0.39, 0.29) is 0 Å². The second-order valence-electron chi connectivity index (χ2n) is 4.91. The Balaban J connectivity index is 2.10. The molecule has 1 aromatic carbocycles. The minimum absolute atomic E-state index is 0.609. The molecule has 0 fully saturated rings. The molecular weight excluding hydrogens is 301 g/mol.